The molecule has 0 amide bonds. The Balaban J connectivity index is 1.65. The first-order chi connectivity index (χ1) is 10.2. The fourth-order valence-electron chi connectivity index (χ4n) is 2.97. The van der Waals surface area contributed by atoms with Crippen molar-refractivity contribution < 1.29 is 4.42 Å². The van der Waals surface area contributed by atoms with Crippen molar-refractivity contribution in [1.82, 2.24) is 4.90 Å². The van der Waals surface area contributed by atoms with Crippen molar-refractivity contribution >= 4 is 5.69 Å². The van der Waals surface area contributed by atoms with Gasteiger partial charge >= 0.3 is 0 Å². The van der Waals surface area contributed by atoms with Crippen LogP contribution in [-0.4, -0.2) is 18.0 Å². The lowest BCUT2D eigenvalue weighted by Crippen LogP contribution is -2.18. The topological polar surface area (TPSA) is 28.4 Å². The van der Waals surface area contributed by atoms with E-state index in [2.05, 4.69) is 41.4 Å². The number of anilines is 1. The largest absolute Gasteiger partial charge is 0.464 e. The highest BCUT2D eigenvalue weighted by molar-refractivity contribution is 5.47. The predicted molar refractivity (Wildman–Crippen MR) is 86.4 cm³/mol. The van der Waals surface area contributed by atoms with Crippen LogP contribution in [-0.2, 0) is 6.54 Å². The molecule has 1 aromatic heterocycles. The lowest BCUT2D eigenvalue weighted by Gasteiger charge is -2.17. The third kappa shape index (κ3) is 3.67. The molecular formula is C18H24N2O. The molecule has 1 aliphatic rings. The summed E-state index contributed by atoms with van der Waals surface area (Å²) in [5.41, 5.74) is 2.54. The van der Waals surface area contributed by atoms with Gasteiger partial charge in [-0.05, 0) is 69.6 Å². The van der Waals surface area contributed by atoms with Crippen LogP contribution in [0.4, 0.5) is 5.69 Å². The Kier molecular flexibility index (Phi) is 4.30. The first-order valence-corrected chi connectivity index (χ1v) is 7.85. The highest BCUT2D eigenvalue weighted by Crippen LogP contribution is 2.22. The van der Waals surface area contributed by atoms with Crippen LogP contribution in [0.5, 0.6) is 0 Å². The third-order valence-electron chi connectivity index (χ3n) is 4.10. The number of nitrogens with one attached hydrogen (secondary N) is 1. The summed E-state index contributed by atoms with van der Waals surface area (Å²) in [5, 5.41) is 3.52. The molecule has 2 heterocycles. The first kappa shape index (κ1) is 14.2. The third-order valence-corrected chi connectivity index (χ3v) is 4.10. The molecule has 1 saturated heterocycles. The number of hydrogen-bond acceptors (Lipinski definition) is 3. The molecule has 0 aliphatic carbocycles. The van der Waals surface area contributed by atoms with Gasteiger partial charge in [-0.3, -0.25) is 4.90 Å². The Hall–Kier alpha value is -1.74. The van der Waals surface area contributed by atoms with Gasteiger partial charge in [0.2, 0.25) is 0 Å². The predicted octanol–water partition coefficient (Wildman–Crippen LogP) is 4.36. The van der Waals surface area contributed by atoms with Gasteiger partial charge in [-0.2, -0.15) is 0 Å². The molecule has 112 valence electrons. The monoisotopic (exact) mass is 284 g/mol. The lowest BCUT2D eigenvalue weighted by atomic mass is 10.1. The van der Waals surface area contributed by atoms with Crippen molar-refractivity contribution in [2.75, 3.05) is 18.4 Å². The van der Waals surface area contributed by atoms with Gasteiger partial charge in [-0.25, -0.2) is 0 Å². The Labute approximate surface area is 127 Å². The van der Waals surface area contributed by atoms with Crippen LogP contribution in [0.2, 0.25) is 0 Å². The average molecular weight is 284 g/mol. The molecule has 21 heavy (non-hydrogen) atoms. The second-order valence-corrected chi connectivity index (χ2v) is 6.00. The molecule has 3 heteroatoms. The SMILES string of the molecule is Cc1ccc(C(C)Nc2cccc(CN3CCCC3)c2)o1. The van der Waals surface area contributed by atoms with Crippen LogP contribution in [0.1, 0.15) is 42.9 Å². The van der Waals surface area contributed by atoms with Crippen LogP contribution < -0.4 is 5.32 Å². The molecule has 3 rings (SSSR count). The molecule has 1 atom stereocenters. The number of likely N-dealkylation sites (tertiary alicyclic amines) is 1. The van der Waals surface area contributed by atoms with E-state index in [0.717, 1.165) is 23.8 Å². The van der Waals surface area contributed by atoms with Crippen LogP contribution >= 0.6 is 0 Å². The van der Waals surface area contributed by atoms with E-state index in [1.54, 1.807) is 0 Å². The zero-order chi connectivity index (χ0) is 14.7. The summed E-state index contributed by atoms with van der Waals surface area (Å²) in [4.78, 5) is 2.53. The summed E-state index contributed by atoms with van der Waals surface area (Å²) in [7, 11) is 0. The maximum absolute atomic E-state index is 5.68. The van der Waals surface area contributed by atoms with Gasteiger partial charge in [0.1, 0.15) is 11.5 Å². The van der Waals surface area contributed by atoms with Gasteiger partial charge in [0, 0.05) is 12.2 Å². The van der Waals surface area contributed by atoms with E-state index in [4.69, 9.17) is 4.42 Å². The number of nitrogens with zero attached hydrogens (tertiary/aromatic N) is 1. The molecule has 1 fully saturated rings. The Morgan fingerprint density at radius 1 is 1.19 bits per heavy atom. The number of aryl methyl sites for hydroxylation is 1. The minimum atomic E-state index is 0.181. The molecular weight excluding hydrogens is 260 g/mol. The summed E-state index contributed by atoms with van der Waals surface area (Å²) in [6.07, 6.45) is 2.68. The summed E-state index contributed by atoms with van der Waals surface area (Å²) in [5.74, 6) is 1.94. The van der Waals surface area contributed by atoms with Crippen molar-refractivity contribution in [3.63, 3.8) is 0 Å². The Bertz CT molecular complexity index is 584. The number of hydrogen-bond donors (Lipinski definition) is 1. The van der Waals surface area contributed by atoms with E-state index in [0.29, 0.717) is 0 Å². The minimum absolute atomic E-state index is 0.181. The standard InChI is InChI=1S/C18H24N2O/c1-14-8-9-18(21-14)15(2)19-17-7-5-6-16(12-17)13-20-10-3-4-11-20/h5-9,12,15,19H,3-4,10-11,13H2,1-2H3. The molecule has 1 aromatic carbocycles. The molecule has 1 unspecified atom stereocenters. The highest BCUT2D eigenvalue weighted by Gasteiger charge is 2.13. The van der Waals surface area contributed by atoms with Crippen molar-refractivity contribution in [3.05, 3.63) is 53.5 Å². The minimum Gasteiger partial charge on any atom is -0.464 e. The molecule has 2 aromatic rings. The van der Waals surface area contributed by atoms with E-state index in [9.17, 15) is 0 Å². The van der Waals surface area contributed by atoms with Crippen molar-refractivity contribution in [2.24, 2.45) is 0 Å². The normalized spacial score (nSPS) is 17.0. The van der Waals surface area contributed by atoms with Gasteiger partial charge in [-0.1, -0.05) is 12.1 Å². The van der Waals surface area contributed by atoms with E-state index < -0.39 is 0 Å². The second-order valence-electron chi connectivity index (χ2n) is 6.00. The molecule has 1 aliphatic heterocycles. The Morgan fingerprint density at radius 2 is 2.00 bits per heavy atom. The highest BCUT2D eigenvalue weighted by atomic mass is 16.3. The molecule has 0 spiro atoms. The van der Waals surface area contributed by atoms with Crippen molar-refractivity contribution in [1.29, 1.82) is 0 Å². The summed E-state index contributed by atoms with van der Waals surface area (Å²) in [6.45, 7) is 7.64. The van der Waals surface area contributed by atoms with E-state index in [-0.39, 0.29) is 6.04 Å². The number of benzene rings is 1. The second kappa shape index (κ2) is 6.35. The van der Waals surface area contributed by atoms with Crippen LogP contribution in [0.15, 0.2) is 40.8 Å². The maximum Gasteiger partial charge on any atom is 0.126 e. The molecule has 3 nitrogen and oxygen atoms in total. The Morgan fingerprint density at radius 3 is 2.71 bits per heavy atom. The fourth-order valence-corrected chi connectivity index (χ4v) is 2.97. The lowest BCUT2D eigenvalue weighted by molar-refractivity contribution is 0.331. The van der Waals surface area contributed by atoms with Gasteiger partial charge in [-0.15, -0.1) is 0 Å². The fraction of sp³-hybridized carbons (Fsp3) is 0.444. The van der Waals surface area contributed by atoms with Crippen LogP contribution in [0.25, 0.3) is 0 Å². The summed E-state index contributed by atoms with van der Waals surface area (Å²) in [6, 6.07) is 13.0. The first-order valence-electron chi connectivity index (χ1n) is 7.85. The van der Waals surface area contributed by atoms with Gasteiger partial charge in [0.15, 0.2) is 0 Å². The zero-order valence-corrected chi connectivity index (χ0v) is 12.9. The molecule has 0 radical (unpaired) electrons. The van der Waals surface area contributed by atoms with Crippen molar-refractivity contribution in [2.45, 2.75) is 39.3 Å². The smallest absolute Gasteiger partial charge is 0.126 e. The summed E-state index contributed by atoms with van der Waals surface area (Å²) >= 11 is 0. The van der Waals surface area contributed by atoms with Gasteiger partial charge in [0.25, 0.3) is 0 Å². The van der Waals surface area contributed by atoms with E-state index in [1.165, 1.54) is 31.5 Å². The molecule has 0 saturated carbocycles. The van der Waals surface area contributed by atoms with Crippen molar-refractivity contribution in [3.8, 4) is 0 Å². The average Bonchev–Trinajstić information content (AvgIpc) is 3.11. The van der Waals surface area contributed by atoms with Crippen LogP contribution in [0.3, 0.4) is 0 Å². The van der Waals surface area contributed by atoms with E-state index in [1.807, 2.05) is 19.1 Å². The summed E-state index contributed by atoms with van der Waals surface area (Å²) < 4.78 is 5.68. The molecule has 0 bridgehead atoms. The number of rotatable bonds is 5. The van der Waals surface area contributed by atoms with Crippen LogP contribution in [0, 0.1) is 6.92 Å². The zero-order valence-electron chi connectivity index (χ0n) is 12.9. The quantitative estimate of drug-likeness (QED) is 0.884. The number of furan rings is 1. The molecule has 1 N–H and O–H groups in total. The maximum atomic E-state index is 5.68. The van der Waals surface area contributed by atoms with E-state index >= 15 is 0 Å². The van der Waals surface area contributed by atoms with Gasteiger partial charge < -0.3 is 9.73 Å². The van der Waals surface area contributed by atoms with Gasteiger partial charge in [0.05, 0.1) is 6.04 Å².